The van der Waals surface area contributed by atoms with Crippen LogP contribution in [0, 0.1) is 0 Å². The van der Waals surface area contributed by atoms with Gasteiger partial charge in [-0.05, 0) is 32.1 Å². The Balaban J connectivity index is 0.00000220. The van der Waals surface area contributed by atoms with Gasteiger partial charge in [0, 0.05) is 26.3 Å². The van der Waals surface area contributed by atoms with E-state index in [9.17, 15) is 4.79 Å². The van der Waals surface area contributed by atoms with Gasteiger partial charge in [0.25, 0.3) is 0 Å². The van der Waals surface area contributed by atoms with E-state index in [4.69, 9.17) is 19.9 Å². The van der Waals surface area contributed by atoms with E-state index in [0.29, 0.717) is 26.3 Å². The Bertz CT molecular complexity index is 301. The van der Waals surface area contributed by atoms with E-state index in [0.717, 1.165) is 38.7 Å². The summed E-state index contributed by atoms with van der Waals surface area (Å²) in [7, 11) is 0. The normalized spacial score (nSPS) is 28.3. The molecule has 0 aromatic carbocycles. The molecule has 21 heavy (non-hydrogen) atoms. The number of hydrogen-bond acceptors (Lipinski definition) is 5. The molecule has 0 spiro atoms. The molecule has 7 heteroatoms. The van der Waals surface area contributed by atoms with Crippen molar-refractivity contribution < 1.29 is 19.0 Å². The van der Waals surface area contributed by atoms with Crippen LogP contribution in [-0.2, 0) is 19.0 Å². The Labute approximate surface area is 132 Å². The molecule has 3 atom stereocenters. The van der Waals surface area contributed by atoms with Crippen LogP contribution >= 0.6 is 12.4 Å². The summed E-state index contributed by atoms with van der Waals surface area (Å²) < 4.78 is 16.5. The Morgan fingerprint density at radius 2 is 2.14 bits per heavy atom. The number of carbonyl (C=O) groups excluding carboxylic acids is 1. The van der Waals surface area contributed by atoms with Crippen molar-refractivity contribution in [1.82, 2.24) is 5.32 Å². The zero-order valence-electron chi connectivity index (χ0n) is 12.4. The molecule has 2 aliphatic heterocycles. The van der Waals surface area contributed by atoms with Gasteiger partial charge in [-0.2, -0.15) is 0 Å². The number of nitrogens with one attached hydrogen (secondary N) is 1. The fourth-order valence-electron chi connectivity index (χ4n) is 2.56. The van der Waals surface area contributed by atoms with Gasteiger partial charge >= 0.3 is 0 Å². The molecule has 3 N–H and O–H groups in total. The zero-order chi connectivity index (χ0) is 14.2. The van der Waals surface area contributed by atoms with Gasteiger partial charge in [0.15, 0.2) is 0 Å². The number of nitrogens with two attached hydrogens (primary N) is 1. The van der Waals surface area contributed by atoms with Gasteiger partial charge in [0.1, 0.15) is 6.10 Å². The van der Waals surface area contributed by atoms with Crippen LogP contribution in [0.4, 0.5) is 0 Å². The van der Waals surface area contributed by atoms with E-state index in [1.807, 2.05) is 0 Å². The summed E-state index contributed by atoms with van der Waals surface area (Å²) in [5.41, 5.74) is 5.52. The quantitative estimate of drug-likeness (QED) is 0.640. The Hall–Kier alpha value is -0.400. The first-order valence-electron chi connectivity index (χ1n) is 7.62. The lowest BCUT2D eigenvalue weighted by atomic mass is 10.2. The molecule has 0 radical (unpaired) electrons. The molecule has 2 aliphatic rings. The van der Waals surface area contributed by atoms with Crippen LogP contribution < -0.4 is 11.1 Å². The molecule has 0 saturated carbocycles. The predicted molar refractivity (Wildman–Crippen MR) is 81.6 cm³/mol. The van der Waals surface area contributed by atoms with Crippen LogP contribution in [0.2, 0.25) is 0 Å². The molecule has 2 heterocycles. The molecule has 0 bridgehead atoms. The fourth-order valence-corrected chi connectivity index (χ4v) is 2.56. The third-order valence-corrected chi connectivity index (χ3v) is 3.76. The third kappa shape index (κ3) is 6.48. The Kier molecular flexibility index (Phi) is 9.19. The van der Waals surface area contributed by atoms with Crippen LogP contribution in [0.3, 0.4) is 0 Å². The molecule has 2 rings (SSSR count). The largest absolute Gasteiger partial charge is 0.379 e. The monoisotopic (exact) mass is 322 g/mol. The van der Waals surface area contributed by atoms with Crippen molar-refractivity contribution in [2.75, 3.05) is 32.9 Å². The summed E-state index contributed by atoms with van der Waals surface area (Å²) in [6.07, 6.45) is 4.67. The highest BCUT2D eigenvalue weighted by atomic mass is 35.5. The maximum atomic E-state index is 11.8. The van der Waals surface area contributed by atoms with Crippen molar-refractivity contribution in [3.8, 4) is 0 Å². The lowest BCUT2D eigenvalue weighted by molar-refractivity contribution is -0.131. The molecule has 2 saturated heterocycles. The molecule has 6 nitrogen and oxygen atoms in total. The highest BCUT2D eigenvalue weighted by Gasteiger charge is 2.29. The first-order chi connectivity index (χ1) is 9.79. The van der Waals surface area contributed by atoms with Crippen LogP contribution in [0.25, 0.3) is 0 Å². The van der Waals surface area contributed by atoms with Gasteiger partial charge in [-0.25, -0.2) is 0 Å². The number of halogens is 1. The SMILES string of the molecule is Cl.NC[C@H]1CC[C@@H](C(=O)NCCCOCC2CCCO2)O1. The topological polar surface area (TPSA) is 82.8 Å². The molecule has 124 valence electrons. The van der Waals surface area contributed by atoms with E-state index >= 15 is 0 Å². The number of ether oxygens (including phenoxy) is 3. The summed E-state index contributed by atoms with van der Waals surface area (Å²) in [4.78, 5) is 11.8. The fraction of sp³-hybridized carbons (Fsp3) is 0.929. The van der Waals surface area contributed by atoms with Gasteiger partial charge in [-0.1, -0.05) is 0 Å². The van der Waals surface area contributed by atoms with Crippen molar-refractivity contribution >= 4 is 18.3 Å². The van der Waals surface area contributed by atoms with Crippen LogP contribution in [0.5, 0.6) is 0 Å². The third-order valence-electron chi connectivity index (χ3n) is 3.76. The first kappa shape index (κ1) is 18.6. The lowest BCUT2D eigenvalue weighted by Gasteiger charge is -2.13. The molecule has 1 unspecified atom stereocenters. The van der Waals surface area contributed by atoms with Gasteiger partial charge < -0.3 is 25.3 Å². The summed E-state index contributed by atoms with van der Waals surface area (Å²) >= 11 is 0. The van der Waals surface area contributed by atoms with Gasteiger partial charge in [-0.3, -0.25) is 4.79 Å². The van der Waals surface area contributed by atoms with E-state index in [-0.39, 0.29) is 36.6 Å². The minimum atomic E-state index is -0.323. The molecule has 1 amide bonds. The summed E-state index contributed by atoms with van der Waals surface area (Å²) in [5, 5.41) is 2.88. The van der Waals surface area contributed by atoms with Gasteiger partial charge in [-0.15, -0.1) is 12.4 Å². The second kappa shape index (κ2) is 10.3. The molecular formula is C14H27ClN2O4. The maximum Gasteiger partial charge on any atom is 0.249 e. The summed E-state index contributed by atoms with van der Waals surface area (Å²) in [6, 6.07) is 0. The van der Waals surface area contributed by atoms with Crippen molar-refractivity contribution in [3.05, 3.63) is 0 Å². The summed E-state index contributed by atoms with van der Waals surface area (Å²) in [5.74, 6) is -0.0277. The first-order valence-corrected chi connectivity index (χ1v) is 7.62. The molecule has 0 aromatic rings. The predicted octanol–water partition coefficient (Wildman–Crippen LogP) is 0.616. The molecule has 2 fully saturated rings. The van der Waals surface area contributed by atoms with Gasteiger partial charge in [0.05, 0.1) is 18.8 Å². The van der Waals surface area contributed by atoms with Crippen LogP contribution in [0.1, 0.15) is 32.1 Å². The lowest BCUT2D eigenvalue weighted by Crippen LogP contribution is -2.36. The molecule has 0 aliphatic carbocycles. The van der Waals surface area contributed by atoms with E-state index < -0.39 is 0 Å². The summed E-state index contributed by atoms with van der Waals surface area (Å²) in [6.45, 7) is 3.28. The maximum absolute atomic E-state index is 11.8. The van der Waals surface area contributed by atoms with Gasteiger partial charge in [0.2, 0.25) is 5.91 Å². The van der Waals surface area contributed by atoms with E-state index in [2.05, 4.69) is 5.32 Å². The van der Waals surface area contributed by atoms with Crippen molar-refractivity contribution in [3.63, 3.8) is 0 Å². The van der Waals surface area contributed by atoms with E-state index in [1.165, 1.54) is 0 Å². The van der Waals surface area contributed by atoms with Crippen molar-refractivity contribution in [2.24, 2.45) is 5.73 Å². The minimum Gasteiger partial charge on any atom is -0.379 e. The highest BCUT2D eigenvalue weighted by Crippen LogP contribution is 2.18. The Morgan fingerprint density at radius 1 is 1.29 bits per heavy atom. The number of amides is 1. The Morgan fingerprint density at radius 3 is 2.81 bits per heavy atom. The second-order valence-corrected chi connectivity index (χ2v) is 5.41. The number of rotatable bonds is 8. The average Bonchev–Trinajstić information content (AvgIpc) is 3.13. The van der Waals surface area contributed by atoms with Crippen LogP contribution in [0.15, 0.2) is 0 Å². The highest BCUT2D eigenvalue weighted by molar-refractivity contribution is 5.85. The molecule has 0 aromatic heterocycles. The van der Waals surface area contributed by atoms with E-state index in [1.54, 1.807) is 0 Å². The van der Waals surface area contributed by atoms with Crippen molar-refractivity contribution in [2.45, 2.75) is 50.4 Å². The zero-order valence-corrected chi connectivity index (χ0v) is 13.2. The number of carbonyl (C=O) groups is 1. The van der Waals surface area contributed by atoms with Crippen molar-refractivity contribution in [1.29, 1.82) is 0 Å². The minimum absolute atomic E-state index is 0. The molecular weight excluding hydrogens is 296 g/mol. The second-order valence-electron chi connectivity index (χ2n) is 5.41. The smallest absolute Gasteiger partial charge is 0.249 e. The average molecular weight is 323 g/mol. The number of hydrogen-bond donors (Lipinski definition) is 2. The standard InChI is InChI=1S/C14H26N2O4.ClH/c15-9-11-4-5-13(20-11)14(17)16-6-2-7-18-10-12-3-1-8-19-12;/h11-13H,1-10,15H2,(H,16,17);1H/t11-,12?,13+;/m1./s1. The van der Waals surface area contributed by atoms with Crippen LogP contribution in [-0.4, -0.2) is 57.1 Å².